The van der Waals surface area contributed by atoms with Crippen molar-refractivity contribution < 1.29 is 18.8 Å². The first kappa shape index (κ1) is 24.6. The fourth-order valence-electron chi connectivity index (χ4n) is 4.21. The quantitative estimate of drug-likeness (QED) is 0.243. The number of carbonyl (C=O) groups is 1. The van der Waals surface area contributed by atoms with Crippen LogP contribution in [0.5, 0.6) is 5.75 Å². The molecule has 1 amide bonds. The first-order valence-electron chi connectivity index (χ1n) is 11.4. The van der Waals surface area contributed by atoms with Crippen molar-refractivity contribution in [1.29, 1.82) is 0 Å². The van der Waals surface area contributed by atoms with Crippen molar-refractivity contribution in [2.45, 2.75) is 55.5 Å². The molecule has 11 heteroatoms. The molecule has 1 aromatic heterocycles. The zero-order chi connectivity index (χ0) is 24.9. The van der Waals surface area contributed by atoms with Gasteiger partial charge in [-0.25, -0.2) is 4.39 Å². The standard InChI is InChI=1S/C24H26FN5O4S/c1-15(23(31)26-20-14-17(30(32)33)12-13-21(20)34-2)35-24-28-27-22(18-10-6-7-11-19(18)25)29(24)16-8-4-3-5-9-16/h6-7,10-16H,3-5,8-9H2,1-2H3,(H,26,31)/t15-/m1/s1. The van der Waals surface area contributed by atoms with Gasteiger partial charge in [-0.2, -0.15) is 0 Å². The summed E-state index contributed by atoms with van der Waals surface area (Å²) in [4.78, 5) is 23.6. The van der Waals surface area contributed by atoms with E-state index in [2.05, 4.69) is 15.5 Å². The average Bonchev–Trinajstić information content (AvgIpc) is 3.27. The number of hydrogen-bond donors (Lipinski definition) is 1. The van der Waals surface area contributed by atoms with Gasteiger partial charge in [-0.1, -0.05) is 43.2 Å². The Kier molecular flexibility index (Phi) is 7.64. The third-order valence-corrected chi connectivity index (χ3v) is 7.08. The molecular formula is C24H26FN5O4S. The maximum absolute atomic E-state index is 14.6. The summed E-state index contributed by atoms with van der Waals surface area (Å²) >= 11 is 1.22. The number of hydrogen-bond acceptors (Lipinski definition) is 7. The highest BCUT2D eigenvalue weighted by Gasteiger charge is 2.28. The number of methoxy groups -OCH3 is 1. The summed E-state index contributed by atoms with van der Waals surface area (Å²) in [6.45, 7) is 1.71. The number of halogens is 1. The van der Waals surface area contributed by atoms with Gasteiger partial charge < -0.3 is 10.1 Å². The van der Waals surface area contributed by atoms with Crippen LogP contribution in [-0.2, 0) is 4.79 Å². The monoisotopic (exact) mass is 499 g/mol. The van der Waals surface area contributed by atoms with E-state index in [-0.39, 0.29) is 29.1 Å². The van der Waals surface area contributed by atoms with Gasteiger partial charge in [-0.15, -0.1) is 10.2 Å². The lowest BCUT2D eigenvalue weighted by Gasteiger charge is -2.26. The molecule has 0 saturated heterocycles. The summed E-state index contributed by atoms with van der Waals surface area (Å²) in [6, 6.07) is 10.6. The number of amides is 1. The maximum Gasteiger partial charge on any atom is 0.271 e. The zero-order valence-corrected chi connectivity index (χ0v) is 20.3. The molecule has 4 rings (SSSR count). The maximum atomic E-state index is 14.6. The Bertz CT molecular complexity index is 1230. The lowest BCUT2D eigenvalue weighted by atomic mass is 9.95. The van der Waals surface area contributed by atoms with Crippen LogP contribution in [0.25, 0.3) is 11.4 Å². The molecule has 0 aliphatic heterocycles. The minimum absolute atomic E-state index is 0.114. The van der Waals surface area contributed by atoms with Crippen LogP contribution in [0.4, 0.5) is 15.8 Å². The Balaban J connectivity index is 1.60. The van der Waals surface area contributed by atoms with Gasteiger partial charge in [0.25, 0.3) is 5.69 Å². The number of nitrogens with one attached hydrogen (secondary N) is 1. The first-order valence-corrected chi connectivity index (χ1v) is 12.3. The molecule has 0 spiro atoms. The van der Waals surface area contributed by atoms with Crippen LogP contribution >= 0.6 is 11.8 Å². The van der Waals surface area contributed by atoms with E-state index in [1.54, 1.807) is 25.1 Å². The fourth-order valence-corrected chi connectivity index (χ4v) is 5.12. The van der Waals surface area contributed by atoms with Crippen LogP contribution in [0.15, 0.2) is 47.6 Å². The van der Waals surface area contributed by atoms with Crippen molar-refractivity contribution in [3.63, 3.8) is 0 Å². The Morgan fingerprint density at radius 2 is 1.97 bits per heavy atom. The number of benzene rings is 2. The van der Waals surface area contributed by atoms with Crippen molar-refractivity contribution >= 4 is 29.0 Å². The van der Waals surface area contributed by atoms with Crippen LogP contribution in [0.1, 0.15) is 45.1 Å². The molecule has 0 bridgehead atoms. The van der Waals surface area contributed by atoms with Crippen molar-refractivity contribution in [2.75, 3.05) is 12.4 Å². The molecular weight excluding hydrogens is 473 g/mol. The van der Waals surface area contributed by atoms with Crippen LogP contribution in [-0.4, -0.2) is 38.0 Å². The largest absolute Gasteiger partial charge is 0.495 e. The summed E-state index contributed by atoms with van der Waals surface area (Å²) in [5.41, 5.74) is 0.420. The summed E-state index contributed by atoms with van der Waals surface area (Å²) in [5.74, 6) is 0.00956. The Morgan fingerprint density at radius 1 is 1.23 bits per heavy atom. The average molecular weight is 500 g/mol. The van der Waals surface area contributed by atoms with Crippen LogP contribution in [0.3, 0.4) is 0 Å². The molecule has 1 N–H and O–H groups in total. The molecule has 0 radical (unpaired) electrons. The van der Waals surface area contributed by atoms with E-state index >= 15 is 0 Å². The Morgan fingerprint density at radius 3 is 2.66 bits per heavy atom. The number of anilines is 1. The lowest BCUT2D eigenvalue weighted by Crippen LogP contribution is -2.24. The molecule has 35 heavy (non-hydrogen) atoms. The van der Waals surface area contributed by atoms with E-state index < -0.39 is 10.2 Å². The SMILES string of the molecule is COc1ccc([N+](=O)[O-])cc1NC(=O)[C@@H](C)Sc1nnc(-c2ccccc2F)n1C1CCCCC1. The highest BCUT2D eigenvalue weighted by atomic mass is 32.2. The third-order valence-electron chi connectivity index (χ3n) is 6.02. The number of rotatable bonds is 8. The molecule has 3 aromatic rings. The van der Waals surface area contributed by atoms with Gasteiger partial charge in [0.05, 0.1) is 28.5 Å². The highest BCUT2D eigenvalue weighted by Crippen LogP contribution is 2.37. The number of aromatic nitrogens is 3. The van der Waals surface area contributed by atoms with Gasteiger partial charge >= 0.3 is 0 Å². The molecule has 1 atom stereocenters. The van der Waals surface area contributed by atoms with Crippen molar-refractivity contribution in [1.82, 2.24) is 14.8 Å². The van der Waals surface area contributed by atoms with Crippen molar-refractivity contribution in [2.24, 2.45) is 0 Å². The number of non-ortho nitro benzene ring substituents is 1. The molecule has 2 aromatic carbocycles. The van der Waals surface area contributed by atoms with E-state index in [4.69, 9.17) is 4.74 Å². The molecule has 1 saturated carbocycles. The number of nitrogens with zero attached hydrogens (tertiary/aromatic N) is 4. The zero-order valence-electron chi connectivity index (χ0n) is 19.4. The molecule has 1 aliphatic carbocycles. The number of nitro groups is 1. The lowest BCUT2D eigenvalue weighted by molar-refractivity contribution is -0.384. The summed E-state index contributed by atoms with van der Waals surface area (Å²) in [5, 5.41) is 22.4. The van der Waals surface area contributed by atoms with Crippen molar-refractivity contribution in [3.05, 3.63) is 58.4 Å². The second-order valence-corrected chi connectivity index (χ2v) is 9.65. The molecule has 1 heterocycles. The Hall–Kier alpha value is -3.47. The van der Waals surface area contributed by atoms with Gasteiger partial charge in [0, 0.05) is 18.2 Å². The van der Waals surface area contributed by atoms with Crippen LogP contribution in [0.2, 0.25) is 0 Å². The van der Waals surface area contributed by atoms with Crippen LogP contribution < -0.4 is 10.1 Å². The molecule has 0 unspecified atom stereocenters. The van der Waals surface area contributed by atoms with Gasteiger partial charge in [0.2, 0.25) is 5.91 Å². The summed E-state index contributed by atoms with van der Waals surface area (Å²) < 4.78 is 21.8. The third kappa shape index (κ3) is 5.45. The molecule has 184 valence electrons. The number of carbonyl (C=O) groups excluding carboxylic acids is 1. The number of ether oxygens (including phenoxy) is 1. The van der Waals surface area contributed by atoms with Gasteiger partial charge in [0.1, 0.15) is 11.6 Å². The number of nitro benzene ring substituents is 1. The van der Waals surface area contributed by atoms with Crippen LogP contribution in [0, 0.1) is 15.9 Å². The number of thioether (sulfide) groups is 1. The van der Waals surface area contributed by atoms with E-state index in [0.717, 1.165) is 32.1 Å². The predicted molar refractivity (Wildman–Crippen MR) is 131 cm³/mol. The second kappa shape index (κ2) is 10.9. The van der Waals surface area contributed by atoms with Gasteiger partial charge in [0.15, 0.2) is 11.0 Å². The summed E-state index contributed by atoms with van der Waals surface area (Å²) in [6.07, 6.45) is 5.13. The van der Waals surface area contributed by atoms with E-state index in [1.165, 1.54) is 43.1 Å². The Labute approximate surface area is 206 Å². The molecule has 1 aliphatic rings. The minimum Gasteiger partial charge on any atom is -0.495 e. The van der Waals surface area contributed by atoms with E-state index in [1.807, 2.05) is 4.57 Å². The topological polar surface area (TPSA) is 112 Å². The molecule has 9 nitrogen and oxygen atoms in total. The normalized spacial score (nSPS) is 14.9. The minimum atomic E-state index is -0.612. The van der Waals surface area contributed by atoms with Gasteiger partial charge in [-0.3, -0.25) is 19.5 Å². The van der Waals surface area contributed by atoms with Gasteiger partial charge in [-0.05, 0) is 38.0 Å². The van der Waals surface area contributed by atoms with Crippen molar-refractivity contribution in [3.8, 4) is 17.1 Å². The smallest absolute Gasteiger partial charge is 0.271 e. The molecule has 1 fully saturated rings. The predicted octanol–water partition coefficient (Wildman–Crippen LogP) is 5.63. The summed E-state index contributed by atoms with van der Waals surface area (Å²) in [7, 11) is 1.42. The fraction of sp³-hybridized carbons (Fsp3) is 0.375. The highest BCUT2D eigenvalue weighted by molar-refractivity contribution is 8.00. The van der Waals surface area contributed by atoms with E-state index in [0.29, 0.717) is 22.3 Å². The first-order chi connectivity index (χ1) is 16.9. The van der Waals surface area contributed by atoms with E-state index in [9.17, 15) is 19.3 Å². The second-order valence-electron chi connectivity index (χ2n) is 8.34.